The molecule has 0 bridgehead atoms. The third-order valence-electron chi connectivity index (χ3n) is 4.10. The normalized spacial score (nSPS) is 12.4. The summed E-state index contributed by atoms with van der Waals surface area (Å²) in [6.07, 6.45) is -0.789. The molecule has 174 valence electrons. The van der Waals surface area contributed by atoms with Crippen molar-refractivity contribution in [1.29, 1.82) is 0 Å². The lowest BCUT2D eigenvalue weighted by Gasteiger charge is -2.16. The fourth-order valence-corrected chi connectivity index (χ4v) is 3.52. The highest BCUT2D eigenvalue weighted by Gasteiger charge is 2.26. The van der Waals surface area contributed by atoms with Crippen LogP contribution in [-0.4, -0.2) is 62.0 Å². The second kappa shape index (κ2) is 12.3. The van der Waals surface area contributed by atoms with Crippen LogP contribution in [0.3, 0.4) is 0 Å². The predicted molar refractivity (Wildman–Crippen MR) is 109 cm³/mol. The molecule has 0 aromatic heterocycles. The third-order valence-corrected chi connectivity index (χ3v) is 5.33. The van der Waals surface area contributed by atoms with Crippen LogP contribution in [0.5, 0.6) is 0 Å². The van der Waals surface area contributed by atoms with Crippen LogP contribution in [0.4, 0.5) is 11.4 Å². The lowest BCUT2D eigenvalue weighted by Crippen LogP contribution is -2.37. The van der Waals surface area contributed by atoms with Gasteiger partial charge in [0.1, 0.15) is 18.4 Å². The Bertz CT molecular complexity index is 923. The number of rotatable bonds is 14. The average Bonchev–Trinajstić information content (AvgIpc) is 2.72. The first-order chi connectivity index (χ1) is 14.9. The first-order valence-electron chi connectivity index (χ1n) is 8.97. The molecule has 2 atom stereocenters. The van der Waals surface area contributed by atoms with E-state index in [1.807, 2.05) is 0 Å². The molecule has 2 unspecified atom stereocenters. The summed E-state index contributed by atoms with van der Waals surface area (Å²) in [6.45, 7) is -0.713. The summed E-state index contributed by atoms with van der Waals surface area (Å²) in [5, 5.41) is 41.7. The van der Waals surface area contributed by atoms with E-state index in [1.54, 1.807) is 0 Å². The summed E-state index contributed by atoms with van der Waals surface area (Å²) < 4.78 is 0. The van der Waals surface area contributed by atoms with E-state index in [9.17, 15) is 39.4 Å². The number of amides is 1. The van der Waals surface area contributed by atoms with Crippen LogP contribution >= 0.6 is 11.8 Å². The van der Waals surface area contributed by atoms with Gasteiger partial charge in [0, 0.05) is 24.7 Å². The van der Waals surface area contributed by atoms with E-state index in [1.165, 1.54) is 0 Å². The van der Waals surface area contributed by atoms with Crippen LogP contribution in [0.2, 0.25) is 0 Å². The van der Waals surface area contributed by atoms with Gasteiger partial charge in [0.05, 0.1) is 26.7 Å². The van der Waals surface area contributed by atoms with Crippen molar-refractivity contribution in [3.8, 4) is 0 Å². The van der Waals surface area contributed by atoms with Crippen molar-refractivity contribution < 1.29 is 39.2 Å². The molecule has 5 N–H and O–H groups in total. The topological polar surface area (TPSA) is 233 Å². The van der Waals surface area contributed by atoms with Crippen LogP contribution in [0.15, 0.2) is 23.1 Å². The largest absolute Gasteiger partial charge is 0.480 e. The first-order valence-corrected chi connectivity index (χ1v) is 9.96. The second-order valence-electron chi connectivity index (χ2n) is 6.51. The summed E-state index contributed by atoms with van der Waals surface area (Å²) >= 11 is 0.794. The summed E-state index contributed by atoms with van der Waals surface area (Å²) in [7, 11) is 0. The molecule has 0 aliphatic carbocycles. The molecular weight excluding hydrogens is 452 g/mol. The molecular formula is C17H20N4O10S. The minimum atomic E-state index is -1.32. The number of Topliss-reactive ketones (excluding diaryl/α,β-unsaturated/α-hetero) is 1. The van der Waals surface area contributed by atoms with Crippen LogP contribution in [0, 0.1) is 26.1 Å². The highest BCUT2D eigenvalue weighted by molar-refractivity contribution is 7.99. The molecule has 0 saturated carbocycles. The molecule has 1 rings (SSSR count). The number of nitrogens with zero attached hydrogens (tertiary/aromatic N) is 2. The smallest absolute Gasteiger partial charge is 0.322 e. The van der Waals surface area contributed by atoms with E-state index >= 15 is 0 Å². The molecule has 0 radical (unpaired) electrons. The molecule has 1 amide bonds. The number of carbonyl (C=O) groups excluding carboxylic acids is 2. The van der Waals surface area contributed by atoms with E-state index < -0.39 is 63.4 Å². The Labute approximate surface area is 184 Å². The zero-order valence-electron chi connectivity index (χ0n) is 16.5. The lowest BCUT2D eigenvalue weighted by molar-refractivity contribution is -0.396. The summed E-state index contributed by atoms with van der Waals surface area (Å²) in [4.78, 5) is 66.4. The maximum absolute atomic E-state index is 12.3. The number of non-ortho nitro benzene ring substituents is 1. The van der Waals surface area contributed by atoms with Crippen molar-refractivity contribution in [3.05, 3.63) is 38.4 Å². The average molecular weight is 472 g/mol. The van der Waals surface area contributed by atoms with Gasteiger partial charge in [-0.15, -0.1) is 11.8 Å². The Kier molecular flexibility index (Phi) is 10.2. The first kappa shape index (κ1) is 26.4. The second-order valence-corrected chi connectivity index (χ2v) is 7.57. The molecule has 32 heavy (non-hydrogen) atoms. The number of nitrogens with two attached hydrogens (primary N) is 1. The van der Waals surface area contributed by atoms with Gasteiger partial charge in [-0.1, -0.05) is 0 Å². The standard InChI is InChI=1S/C17H20N4O10S/c18-12(17(26)27)3-2-11(22)5-9(16(25)19-7-15(23)24)8-32-14-4-1-10(20(28)29)6-13(14)21(30)31/h1,4,6,9,12H,2-3,5,7-8,18H2,(H,19,25)(H,23,24)(H,26,27). The monoisotopic (exact) mass is 472 g/mol. The van der Waals surface area contributed by atoms with Gasteiger partial charge in [-0.2, -0.15) is 0 Å². The van der Waals surface area contributed by atoms with Crippen molar-refractivity contribution in [1.82, 2.24) is 5.32 Å². The van der Waals surface area contributed by atoms with Crippen LogP contribution in [-0.2, 0) is 19.2 Å². The van der Waals surface area contributed by atoms with Crippen molar-refractivity contribution in [2.24, 2.45) is 11.7 Å². The van der Waals surface area contributed by atoms with Crippen molar-refractivity contribution in [2.45, 2.75) is 30.2 Å². The maximum atomic E-state index is 12.3. The lowest BCUT2D eigenvalue weighted by atomic mass is 9.99. The maximum Gasteiger partial charge on any atom is 0.322 e. The summed E-state index contributed by atoms with van der Waals surface area (Å²) in [5.41, 5.74) is 4.28. The van der Waals surface area contributed by atoms with Gasteiger partial charge >= 0.3 is 11.9 Å². The number of aliphatic carboxylic acids is 2. The van der Waals surface area contributed by atoms with Gasteiger partial charge < -0.3 is 21.3 Å². The molecule has 14 nitrogen and oxygen atoms in total. The molecule has 0 fully saturated rings. The highest BCUT2D eigenvalue weighted by Crippen LogP contribution is 2.34. The number of carboxylic acids is 2. The zero-order chi connectivity index (χ0) is 24.4. The number of carbonyl (C=O) groups is 4. The Hall–Kier alpha value is -3.59. The minimum absolute atomic E-state index is 0.0111. The van der Waals surface area contributed by atoms with Gasteiger partial charge in [0.25, 0.3) is 11.4 Å². The molecule has 0 heterocycles. The number of carboxylic acid groups (broad SMARTS) is 2. The summed E-state index contributed by atoms with van der Waals surface area (Å²) in [6, 6.07) is 1.68. The van der Waals surface area contributed by atoms with Crippen LogP contribution in [0.25, 0.3) is 0 Å². The fourth-order valence-electron chi connectivity index (χ4n) is 2.43. The zero-order valence-corrected chi connectivity index (χ0v) is 17.3. The number of benzene rings is 1. The van der Waals surface area contributed by atoms with Crippen molar-refractivity contribution in [2.75, 3.05) is 12.3 Å². The number of nitrogens with one attached hydrogen (secondary N) is 1. The van der Waals surface area contributed by atoms with Gasteiger partial charge in [0.2, 0.25) is 5.91 Å². The Morgan fingerprint density at radius 1 is 1.12 bits per heavy atom. The predicted octanol–water partition coefficient (Wildman–Crippen LogP) is 0.563. The molecule has 0 aliphatic rings. The van der Waals surface area contributed by atoms with Gasteiger partial charge in [-0.25, -0.2) is 0 Å². The number of hydrogen-bond donors (Lipinski definition) is 4. The van der Waals surface area contributed by atoms with E-state index in [0.29, 0.717) is 0 Å². The fraction of sp³-hybridized carbons (Fsp3) is 0.412. The van der Waals surface area contributed by atoms with Crippen molar-refractivity contribution >= 4 is 46.8 Å². The SMILES string of the molecule is NC(CCC(=O)CC(CSc1ccc([N+](=O)[O-])cc1[N+](=O)[O-])C(=O)NCC(=O)O)C(=O)O. The van der Waals surface area contributed by atoms with Crippen LogP contribution in [0.1, 0.15) is 19.3 Å². The molecule has 0 spiro atoms. The molecule has 1 aromatic rings. The van der Waals surface area contributed by atoms with E-state index in [-0.39, 0.29) is 29.9 Å². The number of hydrogen-bond acceptors (Lipinski definition) is 10. The van der Waals surface area contributed by atoms with Crippen LogP contribution < -0.4 is 11.1 Å². The van der Waals surface area contributed by atoms with Gasteiger partial charge in [0.15, 0.2) is 0 Å². The number of nitro benzene ring substituents is 2. The highest BCUT2D eigenvalue weighted by atomic mass is 32.2. The molecule has 0 aliphatic heterocycles. The number of ketones is 1. The molecule has 1 aromatic carbocycles. The Morgan fingerprint density at radius 2 is 1.78 bits per heavy atom. The van der Waals surface area contributed by atoms with Crippen molar-refractivity contribution in [3.63, 3.8) is 0 Å². The summed E-state index contributed by atoms with van der Waals surface area (Å²) in [5.74, 6) is -5.19. The third kappa shape index (κ3) is 8.65. The number of thioether (sulfide) groups is 1. The van der Waals surface area contributed by atoms with E-state index in [4.69, 9.17) is 15.9 Å². The Morgan fingerprint density at radius 3 is 2.31 bits per heavy atom. The quantitative estimate of drug-likeness (QED) is 0.165. The Balaban J connectivity index is 2.96. The molecule has 0 saturated heterocycles. The van der Waals surface area contributed by atoms with Gasteiger partial charge in [-0.05, 0) is 12.5 Å². The minimum Gasteiger partial charge on any atom is -0.480 e. The van der Waals surface area contributed by atoms with E-state index in [2.05, 4.69) is 5.32 Å². The molecule has 15 heteroatoms. The number of nitro groups is 2. The van der Waals surface area contributed by atoms with E-state index in [0.717, 1.165) is 30.0 Å². The van der Waals surface area contributed by atoms with Gasteiger partial charge in [-0.3, -0.25) is 39.4 Å².